The summed E-state index contributed by atoms with van der Waals surface area (Å²) in [5.74, 6) is 2.04. The molecule has 2 heterocycles. The van der Waals surface area contributed by atoms with Gasteiger partial charge in [-0.15, -0.1) is 0 Å². The van der Waals surface area contributed by atoms with Gasteiger partial charge in [-0.05, 0) is 55.2 Å². The highest BCUT2D eigenvalue weighted by Gasteiger charge is 2.13. The van der Waals surface area contributed by atoms with Gasteiger partial charge >= 0.3 is 0 Å². The van der Waals surface area contributed by atoms with Crippen molar-refractivity contribution in [3.05, 3.63) is 53.7 Å². The van der Waals surface area contributed by atoms with Crippen LogP contribution in [0.15, 0.2) is 42.6 Å². The summed E-state index contributed by atoms with van der Waals surface area (Å²) in [5, 5.41) is 4.13. The number of fused-ring (bicyclic) bond motifs is 2. The maximum Gasteiger partial charge on any atom is 0.251 e. The number of hydrogen-bond donors (Lipinski definition) is 2. The van der Waals surface area contributed by atoms with Gasteiger partial charge in [-0.25, -0.2) is 0 Å². The molecule has 1 aromatic heterocycles. The molecular formula is C22H24N2O4. The number of methoxy groups -OCH3 is 1. The Labute approximate surface area is 163 Å². The summed E-state index contributed by atoms with van der Waals surface area (Å²) in [6.45, 7) is 1.87. The molecule has 0 radical (unpaired) electrons. The standard InChI is InChI=1S/C22H24N2O4/c1-26-17-5-6-18-16(14-24-19(18)13-17)8-9-23-22(25)15-4-7-20-21(12-15)28-11-3-2-10-27-20/h4-7,12-14,24H,2-3,8-11H2,1H3,(H,23,25). The van der Waals surface area contributed by atoms with Gasteiger partial charge in [-0.1, -0.05) is 0 Å². The van der Waals surface area contributed by atoms with E-state index in [4.69, 9.17) is 14.2 Å². The fourth-order valence-corrected chi connectivity index (χ4v) is 3.36. The smallest absolute Gasteiger partial charge is 0.251 e. The summed E-state index contributed by atoms with van der Waals surface area (Å²) in [6.07, 6.45) is 4.64. The molecule has 0 aliphatic carbocycles. The third kappa shape index (κ3) is 3.91. The van der Waals surface area contributed by atoms with Crippen LogP contribution in [-0.2, 0) is 6.42 Å². The minimum atomic E-state index is -0.116. The second-order valence-electron chi connectivity index (χ2n) is 6.80. The highest BCUT2D eigenvalue weighted by atomic mass is 16.5. The van der Waals surface area contributed by atoms with Crippen LogP contribution >= 0.6 is 0 Å². The monoisotopic (exact) mass is 380 g/mol. The largest absolute Gasteiger partial charge is 0.497 e. The average molecular weight is 380 g/mol. The quantitative estimate of drug-likeness (QED) is 0.708. The van der Waals surface area contributed by atoms with Crippen molar-refractivity contribution in [2.75, 3.05) is 26.9 Å². The van der Waals surface area contributed by atoms with Crippen LogP contribution in [0.1, 0.15) is 28.8 Å². The molecule has 2 N–H and O–H groups in total. The molecule has 0 saturated heterocycles. The van der Waals surface area contributed by atoms with E-state index < -0.39 is 0 Å². The van der Waals surface area contributed by atoms with Crippen molar-refractivity contribution >= 4 is 16.8 Å². The van der Waals surface area contributed by atoms with Crippen LogP contribution < -0.4 is 19.5 Å². The molecule has 1 aliphatic heterocycles. The molecule has 6 heteroatoms. The maximum atomic E-state index is 12.5. The highest BCUT2D eigenvalue weighted by molar-refractivity contribution is 5.95. The van der Waals surface area contributed by atoms with Gasteiger partial charge in [0.1, 0.15) is 5.75 Å². The topological polar surface area (TPSA) is 72.6 Å². The molecule has 0 unspecified atom stereocenters. The van der Waals surface area contributed by atoms with E-state index in [0.717, 1.165) is 41.5 Å². The predicted octanol–water partition coefficient (Wildman–Crippen LogP) is 3.70. The molecule has 6 nitrogen and oxygen atoms in total. The zero-order chi connectivity index (χ0) is 19.3. The first-order valence-corrected chi connectivity index (χ1v) is 9.56. The Morgan fingerprint density at radius 3 is 2.75 bits per heavy atom. The lowest BCUT2D eigenvalue weighted by molar-refractivity contribution is 0.0953. The predicted molar refractivity (Wildman–Crippen MR) is 108 cm³/mol. The molecule has 1 amide bonds. The van der Waals surface area contributed by atoms with Gasteiger partial charge in [0.15, 0.2) is 11.5 Å². The molecule has 146 valence electrons. The third-order valence-corrected chi connectivity index (χ3v) is 4.91. The summed E-state index contributed by atoms with van der Waals surface area (Å²) in [7, 11) is 1.65. The molecular weight excluding hydrogens is 356 g/mol. The lowest BCUT2D eigenvalue weighted by Crippen LogP contribution is -2.25. The van der Waals surface area contributed by atoms with Gasteiger partial charge in [-0.3, -0.25) is 4.79 Å². The molecule has 0 saturated carbocycles. The van der Waals surface area contributed by atoms with Crippen molar-refractivity contribution in [2.45, 2.75) is 19.3 Å². The van der Waals surface area contributed by atoms with Crippen molar-refractivity contribution < 1.29 is 19.0 Å². The number of amides is 1. The van der Waals surface area contributed by atoms with Crippen molar-refractivity contribution in [2.24, 2.45) is 0 Å². The van der Waals surface area contributed by atoms with Gasteiger partial charge in [0.2, 0.25) is 0 Å². The zero-order valence-corrected chi connectivity index (χ0v) is 15.9. The normalized spacial score (nSPS) is 13.6. The molecule has 0 spiro atoms. The van der Waals surface area contributed by atoms with Crippen LogP contribution in [0.2, 0.25) is 0 Å². The van der Waals surface area contributed by atoms with Gasteiger partial charge in [0.25, 0.3) is 5.91 Å². The Bertz CT molecular complexity index is 980. The molecule has 0 bridgehead atoms. The Morgan fingerprint density at radius 2 is 1.93 bits per heavy atom. The average Bonchev–Trinajstić information content (AvgIpc) is 3.10. The third-order valence-electron chi connectivity index (χ3n) is 4.91. The molecule has 3 aromatic rings. The number of nitrogens with one attached hydrogen (secondary N) is 2. The van der Waals surface area contributed by atoms with E-state index in [1.54, 1.807) is 19.2 Å². The minimum Gasteiger partial charge on any atom is -0.497 e. The number of carbonyl (C=O) groups excluding carboxylic acids is 1. The Morgan fingerprint density at radius 1 is 1.11 bits per heavy atom. The zero-order valence-electron chi connectivity index (χ0n) is 15.9. The van der Waals surface area contributed by atoms with Gasteiger partial charge < -0.3 is 24.5 Å². The number of H-pyrrole nitrogens is 1. The molecule has 28 heavy (non-hydrogen) atoms. The van der Waals surface area contributed by atoms with Gasteiger partial charge in [-0.2, -0.15) is 0 Å². The summed E-state index contributed by atoms with van der Waals surface area (Å²) in [4.78, 5) is 15.8. The van der Waals surface area contributed by atoms with E-state index >= 15 is 0 Å². The maximum absolute atomic E-state index is 12.5. The van der Waals surface area contributed by atoms with Crippen LogP contribution in [0.3, 0.4) is 0 Å². The van der Waals surface area contributed by atoms with E-state index in [-0.39, 0.29) is 5.91 Å². The van der Waals surface area contributed by atoms with Crippen molar-refractivity contribution in [1.82, 2.24) is 10.3 Å². The fraction of sp³-hybridized carbons (Fsp3) is 0.318. The SMILES string of the molecule is COc1ccc2c(CCNC(=O)c3ccc4c(c3)OCCCCO4)c[nH]c2c1. The van der Waals surface area contributed by atoms with Gasteiger partial charge in [0, 0.05) is 35.3 Å². The Balaban J connectivity index is 1.39. The number of ether oxygens (including phenoxy) is 3. The van der Waals surface area contributed by atoms with E-state index in [0.29, 0.717) is 36.8 Å². The second-order valence-corrected chi connectivity index (χ2v) is 6.80. The second kappa shape index (κ2) is 8.25. The molecule has 2 aromatic carbocycles. The lowest BCUT2D eigenvalue weighted by atomic mass is 10.1. The highest BCUT2D eigenvalue weighted by Crippen LogP contribution is 2.30. The number of carbonyl (C=O) groups is 1. The summed E-state index contributed by atoms with van der Waals surface area (Å²) >= 11 is 0. The summed E-state index contributed by atoms with van der Waals surface area (Å²) in [5.41, 5.74) is 2.76. The van der Waals surface area contributed by atoms with Crippen molar-refractivity contribution in [3.63, 3.8) is 0 Å². The molecule has 0 fully saturated rings. The number of benzene rings is 2. The van der Waals surface area contributed by atoms with E-state index in [2.05, 4.69) is 10.3 Å². The molecule has 1 aliphatic rings. The van der Waals surface area contributed by atoms with Crippen LogP contribution in [0, 0.1) is 0 Å². The number of aromatic amines is 1. The van der Waals surface area contributed by atoms with E-state index in [1.807, 2.05) is 30.5 Å². The first-order valence-electron chi connectivity index (χ1n) is 9.56. The lowest BCUT2D eigenvalue weighted by Gasteiger charge is -2.17. The number of hydrogen-bond acceptors (Lipinski definition) is 4. The van der Waals surface area contributed by atoms with Crippen molar-refractivity contribution in [1.29, 1.82) is 0 Å². The first kappa shape index (κ1) is 18.2. The fourth-order valence-electron chi connectivity index (χ4n) is 3.36. The Hall–Kier alpha value is -3.15. The van der Waals surface area contributed by atoms with Crippen LogP contribution in [0.5, 0.6) is 17.2 Å². The minimum absolute atomic E-state index is 0.116. The van der Waals surface area contributed by atoms with Crippen LogP contribution in [0.4, 0.5) is 0 Å². The molecule has 4 rings (SSSR count). The Kier molecular flexibility index (Phi) is 5.37. The van der Waals surface area contributed by atoms with Crippen molar-refractivity contribution in [3.8, 4) is 17.2 Å². The number of aromatic nitrogens is 1. The number of rotatable bonds is 5. The van der Waals surface area contributed by atoms with Crippen LogP contribution in [-0.4, -0.2) is 37.8 Å². The van der Waals surface area contributed by atoms with Crippen LogP contribution in [0.25, 0.3) is 10.9 Å². The summed E-state index contributed by atoms with van der Waals surface area (Å²) < 4.78 is 16.7. The summed E-state index contributed by atoms with van der Waals surface area (Å²) in [6, 6.07) is 11.3. The van der Waals surface area contributed by atoms with Gasteiger partial charge in [0.05, 0.1) is 20.3 Å². The van der Waals surface area contributed by atoms with E-state index in [9.17, 15) is 4.79 Å². The van der Waals surface area contributed by atoms with E-state index in [1.165, 1.54) is 0 Å². The first-order chi connectivity index (χ1) is 13.7. The molecule has 0 atom stereocenters.